The monoisotopic (exact) mass is 331 g/mol. The lowest BCUT2D eigenvalue weighted by atomic mass is 10.0. The van der Waals surface area contributed by atoms with E-state index in [1.54, 1.807) is 7.11 Å². The van der Waals surface area contributed by atoms with Crippen LogP contribution in [0.2, 0.25) is 0 Å². The average Bonchev–Trinajstić information content (AvgIpc) is 3.32. The Kier molecular flexibility index (Phi) is 4.62. The minimum absolute atomic E-state index is 0.338. The Balaban J connectivity index is 1.44. The molecule has 130 valence electrons. The number of methoxy groups -OCH3 is 1. The number of nitrogens with zero attached hydrogens (tertiary/aromatic N) is 4. The standard InChI is InChI=1S/C17H25N5O2/c1-23-10-8-15-20-16(24-21-15)11-22-9-4-7-14(22)17-18-12-5-2-3-6-13(12)19-17/h14H,2-11H2,1H3,(H,18,19)/t14-/m0/s1. The molecule has 0 aromatic carbocycles. The molecule has 2 aliphatic rings. The van der Waals surface area contributed by atoms with E-state index in [0.29, 0.717) is 31.5 Å². The van der Waals surface area contributed by atoms with E-state index in [1.165, 1.54) is 30.7 Å². The van der Waals surface area contributed by atoms with Crippen LogP contribution >= 0.6 is 0 Å². The lowest BCUT2D eigenvalue weighted by Gasteiger charge is -2.20. The minimum atomic E-state index is 0.338. The number of imidazole rings is 1. The van der Waals surface area contributed by atoms with Crippen LogP contribution in [0.4, 0.5) is 0 Å². The highest BCUT2D eigenvalue weighted by Crippen LogP contribution is 2.33. The normalized spacial score (nSPS) is 21.3. The van der Waals surface area contributed by atoms with Crippen molar-refractivity contribution in [2.24, 2.45) is 0 Å². The van der Waals surface area contributed by atoms with Crippen molar-refractivity contribution in [2.45, 2.75) is 57.5 Å². The van der Waals surface area contributed by atoms with Crippen molar-refractivity contribution in [1.29, 1.82) is 0 Å². The molecular weight excluding hydrogens is 306 g/mol. The molecule has 4 rings (SSSR count). The van der Waals surface area contributed by atoms with Gasteiger partial charge in [-0.1, -0.05) is 5.16 Å². The molecular formula is C17H25N5O2. The highest BCUT2D eigenvalue weighted by Gasteiger charge is 2.31. The first-order valence-electron chi connectivity index (χ1n) is 8.95. The van der Waals surface area contributed by atoms with Crippen LogP contribution in [0.1, 0.15) is 60.7 Å². The maximum absolute atomic E-state index is 5.40. The summed E-state index contributed by atoms with van der Waals surface area (Å²) < 4.78 is 10.5. The number of fused-ring (bicyclic) bond motifs is 1. The number of aryl methyl sites for hydroxylation is 2. The number of aromatic nitrogens is 4. The highest BCUT2D eigenvalue weighted by atomic mass is 16.5. The Hall–Kier alpha value is -1.73. The van der Waals surface area contributed by atoms with Gasteiger partial charge in [0.05, 0.1) is 24.9 Å². The number of likely N-dealkylation sites (tertiary alicyclic amines) is 1. The Morgan fingerprint density at radius 3 is 3.04 bits per heavy atom. The fourth-order valence-electron chi connectivity index (χ4n) is 3.78. The third-order valence-corrected chi connectivity index (χ3v) is 5.03. The maximum Gasteiger partial charge on any atom is 0.240 e. The molecule has 7 heteroatoms. The van der Waals surface area contributed by atoms with Crippen LogP contribution in [0, 0.1) is 0 Å². The van der Waals surface area contributed by atoms with Gasteiger partial charge >= 0.3 is 0 Å². The van der Waals surface area contributed by atoms with Crippen LogP contribution < -0.4 is 0 Å². The van der Waals surface area contributed by atoms with Gasteiger partial charge < -0.3 is 14.2 Å². The summed E-state index contributed by atoms with van der Waals surface area (Å²) >= 11 is 0. The molecule has 0 radical (unpaired) electrons. The van der Waals surface area contributed by atoms with Crippen LogP contribution in [0.3, 0.4) is 0 Å². The van der Waals surface area contributed by atoms with Gasteiger partial charge in [-0.15, -0.1) is 0 Å². The van der Waals surface area contributed by atoms with E-state index in [0.717, 1.165) is 37.5 Å². The number of ether oxygens (including phenoxy) is 1. The molecule has 2 aromatic heterocycles. The van der Waals surface area contributed by atoms with Crippen molar-refractivity contribution in [3.8, 4) is 0 Å². The lowest BCUT2D eigenvalue weighted by molar-refractivity contribution is 0.198. The van der Waals surface area contributed by atoms with Crippen molar-refractivity contribution < 1.29 is 9.26 Å². The SMILES string of the molecule is COCCc1noc(CN2CCC[C@H]2c2nc3c([nH]2)CCCC3)n1. The third kappa shape index (κ3) is 3.23. The summed E-state index contributed by atoms with van der Waals surface area (Å²) in [6, 6.07) is 0.338. The number of hydrogen-bond donors (Lipinski definition) is 1. The van der Waals surface area contributed by atoms with E-state index < -0.39 is 0 Å². The van der Waals surface area contributed by atoms with Crippen molar-refractivity contribution >= 4 is 0 Å². The van der Waals surface area contributed by atoms with Gasteiger partial charge in [0.15, 0.2) is 5.82 Å². The topological polar surface area (TPSA) is 80.1 Å². The molecule has 1 aliphatic heterocycles. The zero-order chi connectivity index (χ0) is 16.4. The molecule has 1 fully saturated rings. The number of H-pyrrole nitrogens is 1. The maximum atomic E-state index is 5.40. The summed E-state index contributed by atoms with van der Waals surface area (Å²) in [5, 5.41) is 4.03. The first-order chi connectivity index (χ1) is 11.8. The predicted molar refractivity (Wildman–Crippen MR) is 87.5 cm³/mol. The van der Waals surface area contributed by atoms with E-state index in [2.05, 4.69) is 20.0 Å². The number of rotatable bonds is 6. The van der Waals surface area contributed by atoms with Gasteiger partial charge in [-0.2, -0.15) is 4.98 Å². The van der Waals surface area contributed by atoms with Crippen LogP contribution in [-0.4, -0.2) is 45.3 Å². The van der Waals surface area contributed by atoms with Crippen LogP contribution in [0.25, 0.3) is 0 Å². The number of hydrogen-bond acceptors (Lipinski definition) is 6. The van der Waals surface area contributed by atoms with Crippen molar-refractivity contribution in [2.75, 3.05) is 20.3 Å². The molecule has 1 N–H and O–H groups in total. The second kappa shape index (κ2) is 7.03. The van der Waals surface area contributed by atoms with Crippen LogP contribution in [-0.2, 0) is 30.5 Å². The molecule has 3 heterocycles. The predicted octanol–water partition coefficient (Wildman–Crippen LogP) is 2.20. The molecule has 0 bridgehead atoms. The van der Waals surface area contributed by atoms with E-state index in [4.69, 9.17) is 14.2 Å². The quantitative estimate of drug-likeness (QED) is 0.874. The first-order valence-corrected chi connectivity index (χ1v) is 8.95. The van der Waals surface area contributed by atoms with Gasteiger partial charge in [-0.05, 0) is 45.1 Å². The van der Waals surface area contributed by atoms with Crippen molar-refractivity contribution in [1.82, 2.24) is 25.0 Å². The number of aromatic amines is 1. The van der Waals surface area contributed by atoms with Crippen LogP contribution in [0.15, 0.2) is 4.52 Å². The second-order valence-corrected chi connectivity index (χ2v) is 6.73. The molecule has 1 aliphatic carbocycles. The molecule has 24 heavy (non-hydrogen) atoms. The average molecular weight is 331 g/mol. The molecule has 1 atom stereocenters. The van der Waals surface area contributed by atoms with Gasteiger partial charge in [-0.3, -0.25) is 4.90 Å². The Morgan fingerprint density at radius 2 is 2.17 bits per heavy atom. The molecule has 2 aromatic rings. The third-order valence-electron chi connectivity index (χ3n) is 5.03. The minimum Gasteiger partial charge on any atom is -0.384 e. The van der Waals surface area contributed by atoms with E-state index in [-0.39, 0.29) is 0 Å². The van der Waals surface area contributed by atoms with Crippen LogP contribution in [0.5, 0.6) is 0 Å². The summed E-state index contributed by atoms with van der Waals surface area (Å²) in [4.78, 5) is 15.4. The van der Waals surface area contributed by atoms with E-state index in [1.807, 2.05) is 0 Å². The highest BCUT2D eigenvalue weighted by molar-refractivity contribution is 5.19. The Morgan fingerprint density at radius 1 is 1.25 bits per heavy atom. The molecule has 7 nitrogen and oxygen atoms in total. The smallest absolute Gasteiger partial charge is 0.240 e. The van der Waals surface area contributed by atoms with Crippen molar-refractivity contribution in [3.63, 3.8) is 0 Å². The summed E-state index contributed by atoms with van der Waals surface area (Å²) in [7, 11) is 1.68. The molecule has 0 saturated carbocycles. The lowest BCUT2D eigenvalue weighted by Crippen LogP contribution is -2.23. The molecule has 0 spiro atoms. The molecule has 0 unspecified atom stereocenters. The summed E-state index contributed by atoms with van der Waals surface area (Å²) in [5.41, 5.74) is 2.63. The van der Waals surface area contributed by atoms with Gasteiger partial charge in [0.1, 0.15) is 5.82 Å². The summed E-state index contributed by atoms with van der Waals surface area (Å²) in [6.45, 7) is 2.35. The Bertz CT molecular complexity index is 657. The zero-order valence-electron chi connectivity index (χ0n) is 14.3. The van der Waals surface area contributed by atoms with E-state index in [9.17, 15) is 0 Å². The second-order valence-electron chi connectivity index (χ2n) is 6.73. The fraction of sp³-hybridized carbons (Fsp3) is 0.706. The van der Waals surface area contributed by atoms with Gasteiger partial charge in [0, 0.05) is 19.2 Å². The molecule has 1 saturated heterocycles. The summed E-state index contributed by atoms with van der Waals surface area (Å²) in [5.74, 6) is 2.53. The molecule has 0 amide bonds. The zero-order valence-corrected chi connectivity index (χ0v) is 14.3. The summed E-state index contributed by atoms with van der Waals surface area (Å²) in [6.07, 6.45) is 7.80. The largest absolute Gasteiger partial charge is 0.384 e. The van der Waals surface area contributed by atoms with Gasteiger partial charge in [0.25, 0.3) is 0 Å². The van der Waals surface area contributed by atoms with Gasteiger partial charge in [-0.25, -0.2) is 4.98 Å². The first kappa shape index (κ1) is 15.8. The number of nitrogens with one attached hydrogen (secondary N) is 1. The van der Waals surface area contributed by atoms with Crippen molar-refractivity contribution in [3.05, 3.63) is 28.9 Å². The fourth-order valence-corrected chi connectivity index (χ4v) is 3.78. The van der Waals surface area contributed by atoms with E-state index >= 15 is 0 Å². The Labute approximate surface area is 141 Å². The van der Waals surface area contributed by atoms with Gasteiger partial charge in [0.2, 0.25) is 5.89 Å².